The van der Waals surface area contributed by atoms with Crippen molar-refractivity contribution in [2.24, 2.45) is 0 Å². The lowest BCUT2D eigenvalue weighted by Gasteiger charge is -2.25. The standard InChI is InChI=1S/C19H19NO6/c1-11-3-5-15(25-11)19(16-6-4-12(2)26-16)13-9-17-18(24-8-7-23-17)10-14(13)20(21)22/h3-6,9-10,19-21H,7-8H2,1-2H3. The van der Waals surface area contributed by atoms with E-state index in [1.165, 1.54) is 6.07 Å². The molecule has 0 bridgehead atoms. The molecule has 3 aromatic rings. The van der Waals surface area contributed by atoms with Crippen LogP contribution in [0.1, 0.15) is 34.5 Å². The molecular formula is C19H19NO6. The lowest BCUT2D eigenvalue weighted by Crippen LogP contribution is -2.99. The minimum absolute atomic E-state index is 0.127. The molecule has 0 aliphatic carbocycles. The zero-order valence-corrected chi connectivity index (χ0v) is 14.4. The zero-order chi connectivity index (χ0) is 18.3. The first-order valence-corrected chi connectivity index (χ1v) is 8.32. The van der Waals surface area contributed by atoms with Gasteiger partial charge in [0.15, 0.2) is 17.2 Å². The highest BCUT2D eigenvalue weighted by Gasteiger charge is 2.31. The summed E-state index contributed by atoms with van der Waals surface area (Å²) in [4.78, 5) is 0. The molecule has 26 heavy (non-hydrogen) atoms. The summed E-state index contributed by atoms with van der Waals surface area (Å²) < 4.78 is 22.8. The highest BCUT2D eigenvalue weighted by molar-refractivity contribution is 5.58. The van der Waals surface area contributed by atoms with Crippen LogP contribution in [0.25, 0.3) is 0 Å². The van der Waals surface area contributed by atoms with Crippen LogP contribution in [0.5, 0.6) is 11.5 Å². The first-order chi connectivity index (χ1) is 12.5. The SMILES string of the molecule is Cc1ccc(C(c2ccc(C)o2)c2cc3c(cc2[NH+]([O-])O)OCCO3)o1. The summed E-state index contributed by atoms with van der Waals surface area (Å²) in [5, 5.41) is 20.6. The average molecular weight is 357 g/mol. The highest BCUT2D eigenvalue weighted by atomic mass is 16.8. The molecule has 136 valence electrons. The molecule has 2 aromatic heterocycles. The van der Waals surface area contributed by atoms with E-state index in [1.54, 1.807) is 6.07 Å². The van der Waals surface area contributed by atoms with Crippen molar-refractivity contribution in [3.05, 3.63) is 70.2 Å². The number of ether oxygens (including phenoxy) is 2. The Balaban J connectivity index is 1.92. The van der Waals surface area contributed by atoms with E-state index in [1.807, 2.05) is 38.1 Å². The van der Waals surface area contributed by atoms with E-state index in [0.717, 1.165) is 11.5 Å². The van der Waals surface area contributed by atoms with Crippen LogP contribution in [-0.2, 0) is 0 Å². The molecule has 0 saturated heterocycles. The molecule has 1 aromatic carbocycles. The number of aryl methyl sites for hydroxylation is 2. The number of rotatable bonds is 4. The summed E-state index contributed by atoms with van der Waals surface area (Å²) in [5.74, 6) is 3.15. The zero-order valence-electron chi connectivity index (χ0n) is 14.4. The number of furan rings is 2. The van der Waals surface area contributed by atoms with Crippen molar-refractivity contribution in [2.45, 2.75) is 19.8 Å². The van der Waals surface area contributed by atoms with Gasteiger partial charge in [-0.05, 0) is 44.2 Å². The summed E-state index contributed by atoms with van der Waals surface area (Å²) in [6.07, 6.45) is 0. The van der Waals surface area contributed by atoms with Crippen molar-refractivity contribution in [1.29, 1.82) is 0 Å². The quantitative estimate of drug-likeness (QED) is 0.698. The molecular weight excluding hydrogens is 338 g/mol. The Labute approximate surface area is 149 Å². The second-order valence-corrected chi connectivity index (χ2v) is 6.22. The molecule has 2 N–H and O–H groups in total. The van der Waals surface area contributed by atoms with Gasteiger partial charge in [-0.25, -0.2) is 5.21 Å². The predicted molar refractivity (Wildman–Crippen MR) is 91.0 cm³/mol. The second-order valence-electron chi connectivity index (χ2n) is 6.22. The van der Waals surface area contributed by atoms with Gasteiger partial charge in [-0.2, -0.15) is 5.23 Å². The van der Waals surface area contributed by atoms with Crippen LogP contribution in [0.3, 0.4) is 0 Å². The fourth-order valence-electron chi connectivity index (χ4n) is 3.19. The van der Waals surface area contributed by atoms with Gasteiger partial charge in [0.2, 0.25) is 0 Å². The maximum absolute atomic E-state index is 11.9. The van der Waals surface area contributed by atoms with Gasteiger partial charge in [-0.3, -0.25) is 0 Å². The first-order valence-electron chi connectivity index (χ1n) is 8.32. The third-order valence-electron chi connectivity index (χ3n) is 4.35. The van der Waals surface area contributed by atoms with Gasteiger partial charge in [0.25, 0.3) is 0 Å². The molecule has 0 spiro atoms. The molecule has 0 saturated carbocycles. The molecule has 0 amide bonds. The van der Waals surface area contributed by atoms with Crippen LogP contribution < -0.4 is 14.7 Å². The predicted octanol–water partition coefficient (Wildman–Crippen LogP) is 2.84. The van der Waals surface area contributed by atoms with E-state index in [4.69, 9.17) is 18.3 Å². The molecule has 7 heteroatoms. The van der Waals surface area contributed by atoms with E-state index in [2.05, 4.69) is 0 Å². The number of quaternary nitrogens is 1. The largest absolute Gasteiger partial charge is 0.595 e. The summed E-state index contributed by atoms with van der Waals surface area (Å²) in [7, 11) is 0. The normalized spacial score (nSPS) is 14.7. The third-order valence-corrected chi connectivity index (χ3v) is 4.35. The number of fused-ring (bicyclic) bond motifs is 1. The van der Waals surface area contributed by atoms with Crippen LogP contribution in [0.2, 0.25) is 0 Å². The minimum atomic E-state index is -1.05. The highest BCUT2D eigenvalue weighted by Crippen LogP contribution is 2.42. The van der Waals surface area contributed by atoms with Crippen LogP contribution in [0, 0.1) is 19.1 Å². The van der Waals surface area contributed by atoms with Crippen LogP contribution in [0.4, 0.5) is 5.69 Å². The number of hydrogen-bond donors (Lipinski definition) is 2. The van der Waals surface area contributed by atoms with Crippen molar-refractivity contribution >= 4 is 5.69 Å². The second kappa shape index (κ2) is 6.53. The Morgan fingerprint density at radius 2 is 1.46 bits per heavy atom. The molecule has 0 fully saturated rings. The Morgan fingerprint density at radius 3 is 1.92 bits per heavy atom. The number of nitrogens with one attached hydrogen (secondary N) is 1. The van der Waals surface area contributed by atoms with E-state index in [-0.39, 0.29) is 5.69 Å². The summed E-state index contributed by atoms with van der Waals surface area (Å²) in [5.41, 5.74) is 0.660. The molecule has 1 unspecified atom stereocenters. The third kappa shape index (κ3) is 2.96. The topological polar surface area (TPSA) is 92.5 Å². The maximum Gasteiger partial charge on any atom is 0.172 e. The van der Waals surface area contributed by atoms with Crippen LogP contribution in [0.15, 0.2) is 45.2 Å². The van der Waals surface area contributed by atoms with E-state index in [9.17, 15) is 10.4 Å². The molecule has 4 rings (SSSR count). The minimum Gasteiger partial charge on any atom is -0.595 e. The van der Waals surface area contributed by atoms with Crippen molar-refractivity contribution in [2.75, 3.05) is 13.2 Å². The molecule has 3 heterocycles. The van der Waals surface area contributed by atoms with Crippen LogP contribution >= 0.6 is 0 Å². The molecule has 7 nitrogen and oxygen atoms in total. The molecule has 1 aliphatic rings. The smallest absolute Gasteiger partial charge is 0.172 e. The van der Waals surface area contributed by atoms with Gasteiger partial charge in [0.05, 0.1) is 0 Å². The van der Waals surface area contributed by atoms with Gasteiger partial charge in [0, 0.05) is 11.6 Å². The summed E-state index contributed by atoms with van der Waals surface area (Å²) in [6.45, 7) is 4.50. The summed E-state index contributed by atoms with van der Waals surface area (Å²) in [6, 6.07) is 10.6. The molecule has 1 atom stereocenters. The average Bonchev–Trinajstić information content (AvgIpc) is 3.23. The van der Waals surface area contributed by atoms with Gasteiger partial charge in [0.1, 0.15) is 42.2 Å². The monoisotopic (exact) mass is 357 g/mol. The van der Waals surface area contributed by atoms with Gasteiger partial charge >= 0.3 is 0 Å². The van der Waals surface area contributed by atoms with Gasteiger partial charge in [-0.1, -0.05) is 0 Å². The van der Waals surface area contributed by atoms with Crippen LogP contribution in [-0.4, -0.2) is 18.4 Å². The Hall–Kier alpha value is -2.74. The van der Waals surface area contributed by atoms with E-state index < -0.39 is 11.1 Å². The Morgan fingerprint density at radius 1 is 0.923 bits per heavy atom. The lowest BCUT2D eigenvalue weighted by atomic mass is 9.92. The molecule has 0 radical (unpaired) electrons. The fraction of sp³-hybridized carbons (Fsp3) is 0.263. The number of hydrogen-bond acceptors (Lipinski definition) is 6. The van der Waals surface area contributed by atoms with E-state index in [0.29, 0.717) is 41.8 Å². The van der Waals surface area contributed by atoms with Crippen molar-refractivity contribution in [3.8, 4) is 11.5 Å². The Bertz CT molecular complexity index is 886. The van der Waals surface area contributed by atoms with Crippen molar-refractivity contribution in [3.63, 3.8) is 0 Å². The fourth-order valence-corrected chi connectivity index (χ4v) is 3.19. The summed E-state index contributed by atoms with van der Waals surface area (Å²) >= 11 is 0. The van der Waals surface area contributed by atoms with Crippen molar-refractivity contribution < 1.29 is 28.7 Å². The first kappa shape index (κ1) is 16.7. The van der Waals surface area contributed by atoms with Crippen molar-refractivity contribution in [1.82, 2.24) is 0 Å². The van der Waals surface area contributed by atoms with Gasteiger partial charge < -0.3 is 23.5 Å². The lowest BCUT2D eigenvalue weighted by molar-refractivity contribution is -0.991. The Kier molecular flexibility index (Phi) is 4.20. The van der Waals surface area contributed by atoms with Gasteiger partial charge in [-0.15, -0.1) is 0 Å². The number of benzene rings is 1. The maximum atomic E-state index is 11.9. The molecule has 1 aliphatic heterocycles. The van der Waals surface area contributed by atoms with E-state index >= 15 is 0 Å².